The monoisotopic (exact) mass is 774 g/mol. The third-order valence-electron chi connectivity index (χ3n) is 9.65. The van der Waals surface area contributed by atoms with Crippen molar-refractivity contribution in [3.05, 3.63) is 12.2 Å². The summed E-state index contributed by atoms with van der Waals surface area (Å²) in [7, 11) is -4.37. The zero-order valence-corrected chi connectivity index (χ0v) is 35.4. The molecule has 0 aromatic carbocycles. The van der Waals surface area contributed by atoms with Crippen LogP contribution in [0, 0.1) is 0 Å². The fourth-order valence-corrected chi connectivity index (χ4v) is 7.10. The zero-order valence-electron chi connectivity index (χ0n) is 34.5. The van der Waals surface area contributed by atoms with Crippen molar-refractivity contribution < 1.29 is 37.6 Å². The molecule has 314 valence electrons. The minimum Gasteiger partial charge on any atom is -0.462 e. The van der Waals surface area contributed by atoms with E-state index in [1.165, 1.54) is 154 Å². The molecule has 0 aliphatic heterocycles. The summed E-state index contributed by atoms with van der Waals surface area (Å²) in [5.41, 5.74) is 5.35. The van der Waals surface area contributed by atoms with E-state index in [0.717, 1.165) is 32.1 Å². The molecule has 0 spiro atoms. The van der Waals surface area contributed by atoms with Gasteiger partial charge in [-0.25, -0.2) is 4.57 Å². The van der Waals surface area contributed by atoms with Gasteiger partial charge in [0.15, 0.2) is 6.10 Å². The Bertz CT molecular complexity index is 886. The number of hydrogen-bond acceptors (Lipinski definition) is 8. The van der Waals surface area contributed by atoms with Gasteiger partial charge >= 0.3 is 19.8 Å². The van der Waals surface area contributed by atoms with Crippen molar-refractivity contribution in [1.29, 1.82) is 0 Å². The van der Waals surface area contributed by atoms with Crippen LogP contribution in [0.1, 0.15) is 219 Å². The highest BCUT2D eigenvalue weighted by molar-refractivity contribution is 7.47. The SMILES string of the molecule is CCCCCC/C=C/CCCCCCCCCCCC(=O)OC[C@H](COP(=O)(O)OCCN)OC(=O)CCCCCCCCCCCCCCCCC. The van der Waals surface area contributed by atoms with E-state index in [1.807, 2.05) is 0 Å². The third kappa shape index (κ3) is 40.2. The summed E-state index contributed by atoms with van der Waals surface area (Å²) < 4.78 is 32.8. The number of phosphoric acid groups is 1. The summed E-state index contributed by atoms with van der Waals surface area (Å²) >= 11 is 0. The smallest absolute Gasteiger partial charge is 0.462 e. The molecule has 0 aliphatic carbocycles. The van der Waals surface area contributed by atoms with Crippen LogP contribution in [-0.4, -0.2) is 49.3 Å². The molecule has 2 atom stereocenters. The Morgan fingerprint density at radius 2 is 0.925 bits per heavy atom. The van der Waals surface area contributed by atoms with E-state index in [0.29, 0.717) is 6.42 Å². The number of carbonyl (C=O) groups is 2. The number of rotatable bonds is 42. The highest BCUT2D eigenvalue weighted by Gasteiger charge is 2.26. The minimum absolute atomic E-state index is 0.0561. The molecule has 0 fully saturated rings. The second-order valence-corrected chi connectivity index (χ2v) is 16.4. The molecule has 3 N–H and O–H groups in total. The van der Waals surface area contributed by atoms with Gasteiger partial charge < -0.3 is 20.1 Å². The van der Waals surface area contributed by atoms with Gasteiger partial charge in [-0.15, -0.1) is 0 Å². The maximum atomic E-state index is 12.6. The van der Waals surface area contributed by atoms with E-state index < -0.39 is 26.5 Å². The quantitative estimate of drug-likeness (QED) is 0.0269. The number of esters is 2. The largest absolute Gasteiger partial charge is 0.472 e. The Morgan fingerprint density at radius 1 is 0.547 bits per heavy atom. The summed E-state index contributed by atoms with van der Waals surface area (Å²) in [6.07, 6.45) is 40.9. The van der Waals surface area contributed by atoms with Gasteiger partial charge in [-0.2, -0.15) is 0 Å². The van der Waals surface area contributed by atoms with Gasteiger partial charge in [0, 0.05) is 19.4 Å². The van der Waals surface area contributed by atoms with Gasteiger partial charge in [0.25, 0.3) is 0 Å². The molecule has 9 nitrogen and oxygen atoms in total. The zero-order chi connectivity index (χ0) is 38.9. The van der Waals surface area contributed by atoms with Crippen LogP contribution in [0.4, 0.5) is 0 Å². The second-order valence-electron chi connectivity index (χ2n) is 14.9. The van der Waals surface area contributed by atoms with Crippen molar-refractivity contribution in [3.63, 3.8) is 0 Å². The number of allylic oxidation sites excluding steroid dienone is 2. The van der Waals surface area contributed by atoms with E-state index in [1.54, 1.807) is 0 Å². The van der Waals surface area contributed by atoms with Crippen molar-refractivity contribution in [2.75, 3.05) is 26.4 Å². The maximum absolute atomic E-state index is 12.6. The van der Waals surface area contributed by atoms with Crippen LogP contribution in [0.2, 0.25) is 0 Å². The predicted octanol–water partition coefficient (Wildman–Crippen LogP) is 12.6. The van der Waals surface area contributed by atoms with E-state index in [9.17, 15) is 19.0 Å². The molecule has 1 unspecified atom stereocenters. The fourth-order valence-electron chi connectivity index (χ4n) is 6.34. The average Bonchev–Trinajstić information content (AvgIpc) is 3.14. The van der Waals surface area contributed by atoms with Crippen molar-refractivity contribution in [1.82, 2.24) is 0 Å². The maximum Gasteiger partial charge on any atom is 0.472 e. The minimum atomic E-state index is -4.37. The van der Waals surface area contributed by atoms with Crippen LogP contribution >= 0.6 is 7.82 Å². The molecule has 0 aliphatic rings. The molecule has 0 heterocycles. The average molecular weight is 774 g/mol. The number of hydrogen-bond donors (Lipinski definition) is 2. The number of phosphoric ester groups is 1. The number of unbranched alkanes of at least 4 members (excludes halogenated alkanes) is 27. The first-order valence-corrected chi connectivity index (χ1v) is 23.7. The molecule has 0 saturated heterocycles. The van der Waals surface area contributed by atoms with E-state index >= 15 is 0 Å². The molecule has 0 amide bonds. The van der Waals surface area contributed by atoms with Gasteiger partial charge in [-0.05, 0) is 38.5 Å². The molecule has 0 aromatic heterocycles. The molecule has 53 heavy (non-hydrogen) atoms. The lowest BCUT2D eigenvalue weighted by Crippen LogP contribution is -2.29. The van der Waals surface area contributed by atoms with Crippen molar-refractivity contribution in [2.24, 2.45) is 5.73 Å². The van der Waals surface area contributed by atoms with Gasteiger partial charge in [0.2, 0.25) is 0 Å². The Labute approximate surface area is 326 Å². The molecule has 0 rings (SSSR count). The molecular weight excluding hydrogens is 689 g/mol. The number of nitrogens with two attached hydrogens (primary N) is 1. The predicted molar refractivity (Wildman–Crippen MR) is 220 cm³/mol. The first-order chi connectivity index (χ1) is 25.8. The molecule has 0 bridgehead atoms. The second kappa shape index (κ2) is 40.4. The first-order valence-electron chi connectivity index (χ1n) is 22.2. The normalized spacial score (nSPS) is 13.4. The summed E-state index contributed by atoms with van der Waals surface area (Å²) in [6, 6.07) is 0. The third-order valence-corrected chi connectivity index (χ3v) is 10.6. The Kier molecular flexibility index (Phi) is 39.5. The Balaban J connectivity index is 4.10. The van der Waals surface area contributed by atoms with E-state index in [4.69, 9.17) is 24.3 Å². The summed E-state index contributed by atoms with van der Waals surface area (Å²) in [6.45, 7) is 3.75. The molecule has 10 heteroatoms. The summed E-state index contributed by atoms with van der Waals surface area (Å²) in [5.74, 6) is -0.819. The Hall–Kier alpha value is -1.25. The standard InChI is InChI=1S/C43H84NO8P/c1-3-5-7-9-11-13-15-17-19-20-22-23-25-27-29-31-33-35-42(45)49-39-41(40-51-53(47,48)50-38-37-44)52-43(46)36-34-32-30-28-26-24-21-18-16-14-12-10-8-6-4-2/h13,15,41H,3-12,14,16-40,44H2,1-2H3,(H,47,48)/b15-13+/t41-/m1/s1. The first kappa shape index (κ1) is 51.8. The van der Waals surface area contributed by atoms with Crippen molar-refractivity contribution >= 4 is 19.8 Å². The highest BCUT2D eigenvalue weighted by Crippen LogP contribution is 2.43. The molecule has 0 radical (unpaired) electrons. The lowest BCUT2D eigenvalue weighted by molar-refractivity contribution is -0.161. The van der Waals surface area contributed by atoms with E-state index in [2.05, 4.69) is 26.0 Å². The Morgan fingerprint density at radius 3 is 1.36 bits per heavy atom. The summed E-state index contributed by atoms with van der Waals surface area (Å²) in [5, 5.41) is 0. The highest BCUT2D eigenvalue weighted by atomic mass is 31.2. The summed E-state index contributed by atoms with van der Waals surface area (Å²) in [4.78, 5) is 34.9. The fraction of sp³-hybridized carbons (Fsp3) is 0.907. The van der Waals surface area contributed by atoms with Crippen molar-refractivity contribution in [2.45, 2.75) is 225 Å². The topological polar surface area (TPSA) is 134 Å². The van der Waals surface area contributed by atoms with Crippen LogP contribution < -0.4 is 5.73 Å². The van der Waals surface area contributed by atoms with Crippen LogP contribution in [0.15, 0.2) is 12.2 Å². The van der Waals surface area contributed by atoms with Crippen LogP contribution in [0.25, 0.3) is 0 Å². The van der Waals surface area contributed by atoms with Crippen LogP contribution in [0.3, 0.4) is 0 Å². The van der Waals surface area contributed by atoms with E-state index in [-0.39, 0.29) is 38.6 Å². The lowest BCUT2D eigenvalue weighted by atomic mass is 10.0. The van der Waals surface area contributed by atoms with Crippen molar-refractivity contribution in [3.8, 4) is 0 Å². The lowest BCUT2D eigenvalue weighted by Gasteiger charge is -2.19. The molecule has 0 aromatic rings. The van der Waals surface area contributed by atoms with Crippen LogP contribution in [0.5, 0.6) is 0 Å². The number of ether oxygens (including phenoxy) is 2. The van der Waals surface area contributed by atoms with Gasteiger partial charge in [-0.1, -0.05) is 180 Å². The molecular formula is C43H84NO8P. The van der Waals surface area contributed by atoms with Gasteiger partial charge in [0.05, 0.1) is 13.2 Å². The number of carbonyl (C=O) groups excluding carboxylic acids is 2. The van der Waals surface area contributed by atoms with Gasteiger partial charge in [0.1, 0.15) is 6.61 Å². The van der Waals surface area contributed by atoms with Crippen LogP contribution in [-0.2, 0) is 32.7 Å². The van der Waals surface area contributed by atoms with Gasteiger partial charge in [-0.3, -0.25) is 18.6 Å². The molecule has 0 saturated carbocycles.